The Kier molecular flexibility index (Phi) is 7.74. The maximum Gasteiger partial charge on any atom is 0.326 e. The van der Waals surface area contributed by atoms with Crippen molar-refractivity contribution in [2.75, 3.05) is 6.61 Å². The molecule has 0 aliphatic heterocycles. The summed E-state index contributed by atoms with van der Waals surface area (Å²) in [5.74, 6) is -0.955. The number of amides is 1. The third kappa shape index (κ3) is 6.48. The van der Waals surface area contributed by atoms with Gasteiger partial charge in [-0.1, -0.05) is 35.7 Å². The van der Waals surface area contributed by atoms with Crippen LogP contribution in [0, 0.1) is 0 Å². The highest BCUT2D eigenvalue weighted by atomic mass is 79.9. The van der Waals surface area contributed by atoms with Crippen molar-refractivity contribution in [2.45, 2.75) is 32.2 Å². The zero-order valence-electron chi connectivity index (χ0n) is 11.6. The smallest absolute Gasteiger partial charge is 0.326 e. The molecule has 1 atom stereocenters. The number of rotatable bonds is 8. The summed E-state index contributed by atoms with van der Waals surface area (Å²) in [6.45, 7) is 1.74. The summed E-state index contributed by atoms with van der Waals surface area (Å²) < 4.78 is 6.97. The van der Waals surface area contributed by atoms with Gasteiger partial charge in [0.1, 0.15) is 11.8 Å². The van der Waals surface area contributed by atoms with Gasteiger partial charge in [-0.3, -0.25) is 4.79 Å². The Balaban J connectivity index is 2.50. The minimum absolute atomic E-state index is 0.226. The number of hydrogen-bond donors (Lipinski definition) is 2. The fourth-order valence-corrected chi connectivity index (χ4v) is 2.80. The van der Waals surface area contributed by atoms with Crippen LogP contribution >= 0.6 is 31.9 Å². The van der Waals surface area contributed by atoms with Gasteiger partial charge in [-0.2, -0.15) is 0 Å². The second-order valence-corrected chi connectivity index (χ2v) is 6.23. The van der Waals surface area contributed by atoms with Crippen molar-refractivity contribution >= 4 is 43.7 Å². The summed E-state index contributed by atoms with van der Waals surface area (Å²) in [6, 6.07) is 4.44. The first-order chi connectivity index (χ1) is 9.93. The Bertz CT molecular complexity index is 508. The van der Waals surface area contributed by atoms with Gasteiger partial charge in [0.25, 0.3) is 5.91 Å². The lowest BCUT2D eigenvalue weighted by Gasteiger charge is -2.14. The van der Waals surface area contributed by atoms with Gasteiger partial charge >= 0.3 is 5.97 Å². The molecule has 1 aromatic carbocycles. The maximum atomic E-state index is 11.7. The molecule has 1 unspecified atom stereocenters. The Labute approximate surface area is 140 Å². The first kappa shape index (κ1) is 18.0. The molecule has 21 heavy (non-hydrogen) atoms. The third-order valence-corrected chi connectivity index (χ3v) is 3.85. The lowest BCUT2D eigenvalue weighted by atomic mass is 10.1. The molecule has 0 spiro atoms. The molecule has 0 bridgehead atoms. The Morgan fingerprint density at radius 3 is 2.67 bits per heavy atom. The molecule has 0 aliphatic rings. The lowest BCUT2D eigenvalue weighted by molar-refractivity contribution is -0.142. The maximum absolute atomic E-state index is 11.7. The molecule has 116 valence electrons. The Hall–Kier alpha value is -1.08. The van der Waals surface area contributed by atoms with Crippen molar-refractivity contribution < 1.29 is 19.4 Å². The Morgan fingerprint density at radius 2 is 2.10 bits per heavy atom. The number of carboxylic acid groups (broad SMARTS) is 1. The van der Waals surface area contributed by atoms with E-state index in [-0.39, 0.29) is 6.61 Å². The largest absolute Gasteiger partial charge is 0.483 e. The predicted molar refractivity (Wildman–Crippen MR) is 86.4 cm³/mol. The van der Waals surface area contributed by atoms with E-state index in [1.807, 2.05) is 6.92 Å². The standard InChI is InChI=1S/C14H17Br2NO4/c1-2-3-4-11(14(19)20)17-13(18)8-21-12-6-5-9(15)7-10(12)16/h5-7,11H,2-4,8H2,1H3,(H,17,18)(H,19,20). The zero-order chi connectivity index (χ0) is 15.8. The fraction of sp³-hybridized carbons (Fsp3) is 0.429. The zero-order valence-corrected chi connectivity index (χ0v) is 14.7. The van der Waals surface area contributed by atoms with Crippen LogP contribution < -0.4 is 10.1 Å². The quantitative estimate of drug-likeness (QED) is 0.673. The molecule has 0 saturated heterocycles. The lowest BCUT2D eigenvalue weighted by Crippen LogP contribution is -2.42. The number of aliphatic carboxylic acids is 1. The minimum Gasteiger partial charge on any atom is -0.483 e. The first-order valence-electron chi connectivity index (χ1n) is 6.54. The summed E-state index contributed by atoms with van der Waals surface area (Å²) in [5, 5.41) is 11.5. The van der Waals surface area contributed by atoms with Crippen molar-refractivity contribution in [1.29, 1.82) is 0 Å². The van der Waals surface area contributed by atoms with Crippen LogP contribution in [0.25, 0.3) is 0 Å². The minimum atomic E-state index is -1.03. The van der Waals surface area contributed by atoms with Crippen LogP contribution in [0.15, 0.2) is 27.1 Å². The van der Waals surface area contributed by atoms with Crippen molar-refractivity contribution in [1.82, 2.24) is 5.32 Å². The number of unbranched alkanes of at least 4 members (excludes halogenated alkanes) is 1. The van der Waals surface area contributed by atoms with Crippen LogP contribution in [0.4, 0.5) is 0 Å². The average Bonchev–Trinajstić information content (AvgIpc) is 2.42. The summed E-state index contributed by atoms with van der Waals surface area (Å²) in [5.41, 5.74) is 0. The van der Waals surface area contributed by atoms with E-state index >= 15 is 0 Å². The van der Waals surface area contributed by atoms with E-state index in [4.69, 9.17) is 9.84 Å². The fourth-order valence-electron chi connectivity index (χ4n) is 1.64. The number of carbonyl (C=O) groups is 2. The molecule has 0 fully saturated rings. The molecule has 7 heteroatoms. The van der Waals surface area contributed by atoms with Crippen LogP contribution in [-0.2, 0) is 9.59 Å². The van der Waals surface area contributed by atoms with Crippen LogP contribution in [0.5, 0.6) is 5.75 Å². The van der Waals surface area contributed by atoms with E-state index in [0.29, 0.717) is 16.6 Å². The molecule has 0 saturated carbocycles. The second kappa shape index (κ2) is 9.04. The van der Waals surface area contributed by atoms with E-state index in [1.165, 1.54) is 0 Å². The molecule has 0 aromatic heterocycles. The first-order valence-corrected chi connectivity index (χ1v) is 8.12. The molecule has 1 rings (SSSR count). The number of ether oxygens (including phenoxy) is 1. The normalized spacial score (nSPS) is 11.8. The molecule has 1 aromatic rings. The molecular formula is C14H17Br2NO4. The Morgan fingerprint density at radius 1 is 1.38 bits per heavy atom. The number of nitrogens with one attached hydrogen (secondary N) is 1. The van der Waals surface area contributed by atoms with Crippen LogP contribution in [0.1, 0.15) is 26.2 Å². The molecule has 1 amide bonds. The van der Waals surface area contributed by atoms with Gasteiger partial charge < -0.3 is 15.2 Å². The van der Waals surface area contributed by atoms with E-state index in [9.17, 15) is 9.59 Å². The van der Waals surface area contributed by atoms with Crippen LogP contribution in [-0.4, -0.2) is 29.6 Å². The number of halogens is 2. The summed E-state index contributed by atoms with van der Waals surface area (Å²) in [7, 11) is 0. The van der Waals surface area contributed by atoms with E-state index in [1.54, 1.807) is 18.2 Å². The van der Waals surface area contributed by atoms with Crippen molar-refractivity contribution in [3.05, 3.63) is 27.1 Å². The molecule has 0 radical (unpaired) electrons. The summed E-state index contributed by atoms with van der Waals surface area (Å²) in [4.78, 5) is 22.8. The van der Waals surface area contributed by atoms with Gasteiger partial charge in [0.2, 0.25) is 0 Å². The average molecular weight is 423 g/mol. The number of hydrogen-bond acceptors (Lipinski definition) is 3. The van der Waals surface area contributed by atoms with Crippen molar-refractivity contribution in [2.24, 2.45) is 0 Å². The van der Waals surface area contributed by atoms with Crippen LogP contribution in [0.2, 0.25) is 0 Å². The molecule has 2 N–H and O–H groups in total. The van der Waals surface area contributed by atoms with Gasteiger partial charge in [-0.05, 0) is 40.5 Å². The number of carboxylic acids is 1. The van der Waals surface area contributed by atoms with Crippen LogP contribution in [0.3, 0.4) is 0 Å². The SMILES string of the molecule is CCCCC(NC(=O)COc1ccc(Br)cc1Br)C(=O)O. The van der Waals surface area contributed by atoms with Crippen molar-refractivity contribution in [3.8, 4) is 5.75 Å². The summed E-state index contributed by atoms with van der Waals surface area (Å²) in [6.07, 6.45) is 2.04. The number of benzene rings is 1. The summed E-state index contributed by atoms with van der Waals surface area (Å²) >= 11 is 6.64. The highest BCUT2D eigenvalue weighted by Crippen LogP contribution is 2.28. The van der Waals surface area contributed by atoms with E-state index in [0.717, 1.165) is 17.3 Å². The van der Waals surface area contributed by atoms with Gasteiger partial charge in [0.15, 0.2) is 6.61 Å². The molecule has 0 aliphatic carbocycles. The molecule has 5 nitrogen and oxygen atoms in total. The van der Waals surface area contributed by atoms with Gasteiger partial charge in [0, 0.05) is 4.47 Å². The topological polar surface area (TPSA) is 75.6 Å². The molecule has 0 heterocycles. The monoisotopic (exact) mass is 421 g/mol. The molecular weight excluding hydrogens is 406 g/mol. The predicted octanol–water partition coefficient (Wildman–Crippen LogP) is 3.35. The third-order valence-electron chi connectivity index (χ3n) is 2.73. The van der Waals surface area contributed by atoms with E-state index in [2.05, 4.69) is 37.2 Å². The van der Waals surface area contributed by atoms with Gasteiger partial charge in [-0.25, -0.2) is 4.79 Å². The van der Waals surface area contributed by atoms with Crippen molar-refractivity contribution in [3.63, 3.8) is 0 Å². The highest BCUT2D eigenvalue weighted by molar-refractivity contribution is 9.11. The van der Waals surface area contributed by atoms with Gasteiger partial charge in [0.05, 0.1) is 4.47 Å². The second-order valence-electron chi connectivity index (χ2n) is 4.46. The van der Waals surface area contributed by atoms with Gasteiger partial charge in [-0.15, -0.1) is 0 Å². The highest BCUT2D eigenvalue weighted by Gasteiger charge is 2.19. The number of carbonyl (C=O) groups excluding carboxylic acids is 1. The van der Waals surface area contributed by atoms with E-state index < -0.39 is 17.9 Å².